The number of fused-ring (bicyclic) bond motifs is 2. The second-order valence-electron chi connectivity index (χ2n) is 7.88. The van der Waals surface area contributed by atoms with E-state index in [0.717, 1.165) is 41.7 Å². The number of nitrogens with zero attached hydrogens (tertiary/aromatic N) is 1. The highest BCUT2D eigenvalue weighted by Crippen LogP contribution is 2.38. The summed E-state index contributed by atoms with van der Waals surface area (Å²) in [6.45, 7) is 5.56. The Labute approximate surface area is 154 Å². The number of urea groups is 1. The fraction of sp³-hybridized carbons (Fsp3) is 0.550. The molecule has 1 aliphatic carbocycles. The van der Waals surface area contributed by atoms with Gasteiger partial charge in [-0.25, -0.2) is 4.79 Å². The minimum absolute atomic E-state index is 0.252. The van der Waals surface area contributed by atoms with Crippen molar-refractivity contribution in [2.75, 3.05) is 6.54 Å². The number of rotatable bonds is 4. The lowest BCUT2D eigenvalue weighted by molar-refractivity contribution is -0.136. The number of carbonyl (C=O) groups is 3. The van der Waals surface area contributed by atoms with Gasteiger partial charge in [-0.15, -0.1) is 0 Å². The predicted octanol–water partition coefficient (Wildman–Crippen LogP) is 2.46. The van der Waals surface area contributed by atoms with Crippen molar-refractivity contribution in [2.24, 2.45) is 0 Å². The van der Waals surface area contributed by atoms with Crippen LogP contribution in [0.15, 0.2) is 24.3 Å². The minimum atomic E-state index is -1.04. The molecule has 1 aromatic carbocycles. The zero-order valence-electron chi connectivity index (χ0n) is 15.7. The molecule has 0 bridgehead atoms. The minimum Gasteiger partial charge on any atom is -0.350 e. The molecule has 6 heteroatoms. The molecular weight excluding hydrogens is 330 g/mol. The lowest BCUT2D eigenvalue weighted by Crippen LogP contribution is -2.49. The van der Waals surface area contributed by atoms with Crippen molar-refractivity contribution < 1.29 is 14.4 Å². The van der Waals surface area contributed by atoms with E-state index < -0.39 is 11.6 Å². The number of amides is 4. The molecular formula is C20H27N3O3. The van der Waals surface area contributed by atoms with Crippen molar-refractivity contribution in [3.63, 3.8) is 0 Å². The van der Waals surface area contributed by atoms with Gasteiger partial charge in [0.15, 0.2) is 0 Å². The van der Waals surface area contributed by atoms with Crippen LogP contribution >= 0.6 is 0 Å². The van der Waals surface area contributed by atoms with Crippen LogP contribution in [0.3, 0.4) is 0 Å². The van der Waals surface area contributed by atoms with Gasteiger partial charge in [0, 0.05) is 5.54 Å². The molecule has 1 atom stereocenters. The Kier molecular flexibility index (Phi) is 4.78. The molecule has 26 heavy (non-hydrogen) atoms. The number of benzene rings is 1. The summed E-state index contributed by atoms with van der Waals surface area (Å²) in [5.74, 6) is -0.638. The maximum absolute atomic E-state index is 13.2. The number of nitrogens with one attached hydrogen (secondary N) is 2. The molecule has 1 spiro atoms. The summed E-state index contributed by atoms with van der Waals surface area (Å²) in [7, 11) is 0. The largest absolute Gasteiger partial charge is 0.350 e. The van der Waals surface area contributed by atoms with E-state index in [1.165, 1.54) is 0 Å². The van der Waals surface area contributed by atoms with E-state index in [0.29, 0.717) is 6.42 Å². The molecule has 1 saturated heterocycles. The Balaban J connectivity index is 1.86. The lowest BCUT2D eigenvalue weighted by Gasteiger charge is -2.28. The highest BCUT2D eigenvalue weighted by atomic mass is 16.2. The van der Waals surface area contributed by atoms with Crippen LogP contribution in [0.4, 0.5) is 4.79 Å². The summed E-state index contributed by atoms with van der Waals surface area (Å²) in [6.07, 6.45) is 4.05. The maximum atomic E-state index is 13.2. The summed E-state index contributed by atoms with van der Waals surface area (Å²) >= 11 is 0. The zero-order valence-corrected chi connectivity index (χ0v) is 15.7. The van der Waals surface area contributed by atoms with Crippen molar-refractivity contribution in [2.45, 2.75) is 64.0 Å². The van der Waals surface area contributed by atoms with Gasteiger partial charge in [-0.2, -0.15) is 0 Å². The van der Waals surface area contributed by atoms with E-state index in [1.54, 1.807) is 0 Å². The van der Waals surface area contributed by atoms with Gasteiger partial charge in [0.2, 0.25) is 5.91 Å². The van der Waals surface area contributed by atoms with Crippen LogP contribution in [0.25, 0.3) is 0 Å². The quantitative estimate of drug-likeness (QED) is 0.813. The van der Waals surface area contributed by atoms with Crippen molar-refractivity contribution >= 4 is 17.8 Å². The van der Waals surface area contributed by atoms with Crippen LogP contribution in [0.2, 0.25) is 0 Å². The van der Waals surface area contributed by atoms with Crippen LogP contribution < -0.4 is 10.6 Å². The van der Waals surface area contributed by atoms with Gasteiger partial charge in [-0.1, -0.05) is 31.2 Å². The van der Waals surface area contributed by atoms with Gasteiger partial charge >= 0.3 is 6.03 Å². The Morgan fingerprint density at radius 2 is 2.00 bits per heavy atom. The molecule has 0 aromatic heterocycles. The standard InChI is InChI=1S/C20H27N3O3/c1-4-19(2,3)21-16(24)13-23-17(25)20(22-18(23)26)12-8-7-10-14-9-5-6-11-15(14)20/h5-6,9,11H,4,7-8,10,12-13H2,1-3H3,(H,21,24)(H,22,26)/t20-/m1/s1. The Morgan fingerprint density at radius 3 is 2.73 bits per heavy atom. The molecule has 0 radical (unpaired) electrons. The summed E-state index contributed by atoms with van der Waals surface area (Å²) in [5, 5.41) is 5.79. The third-order valence-electron chi connectivity index (χ3n) is 5.56. The van der Waals surface area contributed by atoms with E-state index in [2.05, 4.69) is 10.6 Å². The molecule has 1 aromatic rings. The molecule has 2 aliphatic rings. The van der Waals surface area contributed by atoms with Gasteiger partial charge in [0.25, 0.3) is 5.91 Å². The normalized spacial score (nSPS) is 22.8. The highest BCUT2D eigenvalue weighted by Gasteiger charge is 2.53. The monoisotopic (exact) mass is 357 g/mol. The van der Waals surface area contributed by atoms with Gasteiger partial charge < -0.3 is 10.6 Å². The zero-order chi connectivity index (χ0) is 18.9. The first-order valence-electron chi connectivity index (χ1n) is 9.32. The van der Waals surface area contributed by atoms with Crippen molar-refractivity contribution in [1.29, 1.82) is 0 Å². The van der Waals surface area contributed by atoms with E-state index in [-0.39, 0.29) is 23.9 Å². The topological polar surface area (TPSA) is 78.5 Å². The summed E-state index contributed by atoms with van der Waals surface area (Å²) in [4.78, 5) is 39.2. The van der Waals surface area contributed by atoms with E-state index in [4.69, 9.17) is 0 Å². The first-order chi connectivity index (χ1) is 12.3. The number of hydrogen-bond acceptors (Lipinski definition) is 3. The molecule has 1 heterocycles. The van der Waals surface area contributed by atoms with Gasteiger partial charge in [0.05, 0.1) is 0 Å². The predicted molar refractivity (Wildman–Crippen MR) is 98.4 cm³/mol. The molecule has 0 unspecified atom stereocenters. The smallest absolute Gasteiger partial charge is 0.325 e. The Hall–Kier alpha value is -2.37. The van der Waals surface area contributed by atoms with Crippen LogP contribution in [0.1, 0.15) is 57.6 Å². The summed E-state index contributed by atoms with van der Waals surface area (Å²) in [6, 6.07) is 7.29. The van der Waals surface area contributed by atoms with Crippen molar-refractivity contribution in [3.05, 3.63) is 35.4 Å². The first-order valence-corrected chi connectivity index (χ1v) is 9.32. The fourth-order valence-corrected chi connectivity index (χ4v) is 3.77. The average molecular weight is 357 g/mol. The molecule has 2 N–H and O–H groups in total. The second-order valence-corrected chi connectivity index (χ2v) is 7.88. The average Bonchev–Trinajstić information content (AvgIpc) is 2.75. The van der Waals surface area contributed by atoms with E-state index in [1.807, 2.05) is 45.0 Å². The van der Waals surface area contributed by atoms with Gasteiger partial charge in [0.1, 0.15) is 12.1 Å². The number of imide groups is 1. The van der Waals surface area contributed by atoms with E-state index in [9.17, 15) is 14.4 Å². The Bertz CT molecular complexity index is 744. The fourth-order valence-electron chi connectivity index (χ4n) is 3.77. The third-order valence-corrected chi connectivity index (χ3v) is 5.56. The highest BCUT2D eigenvalue weighted by molar-refractivity contribution is 6.09. The van der Waals surface area contributed by atoms with Gasteiger partial charge in [-0.05, 0) is 57.1 Å². The Morgan fingerprint density at radius 1 is 1.27 bits per heavy atom. The maximum Gasteiger partial charge on any atom is 0.325 e. The summed E-state index contributed by atoms with van der Waals surface area (Å²) < 4.78 is 0. The number of hydrogen-bond donors (Lipinski definition) is 2. The molecule has 1 fully saturated rings. The van der Waals surface area contributed by atoms with Crippen LogP contribution in [-0.2, 0) is 21.5 Å². The van der Waals surface area contributed by atoms with Crippen molar-refractivity contribution in [1.82, 2.24) is 15.5 Å². The third kappa shape index (κ3) is 3.20. The molecule has 1 aliphatic heterocycles. The molecule has 3 rings (SSSR count). The SMILES string of the molecule is CCC(C)(C)NC(=O)CN1C(=O)N[C@@]2(CCCCc3ccccc32)C1=O. The van der Waals surface area contributed by atoms with Crippen LogP contribution in [0.5, 0.6) is 0 Å². The first kappa shape index (κ1) is 18.4. The molecule has 0 saturated carbocycles. The van der Waals surface area contributed by atoms with E-state index >= 15 is 0 Å². The van der Waals surface area contributed by atoms with Gasteiger partial charge in [-0.3, -0.25) is 14.5 Å². The van der Waals surface area contributed by atoms with Crippen LogP contribution in [0, 0.1) is 0 Å². The summed E-state index contributed by atoms with van der Waals surface area (Å²) in [5.41, 5.74) is 0.554. The lowest BCUT2D eigenvalue weighted by atomic mass is 9.84. The number of aryl methyl sites for hydroxylation is 1. The van der Waals surface area contributed by atoms with Crippen molar-refractivity contribution in [3.8, 4) is 0 Å². The molecule has 140 valence electrons. The second kappa shape index (κ2) is 6.74. The van der Waals surface area contributed by atoms with Crippen LogP contribution in [-0.4, -0.2) is 34.8 Å². The molecule has 6 nitrogen and oxygen atoms in total. The number of carbonyl (C=O) groups excluding carboxylic acids is 3. The molecule has 4 amide bonds.